The summed E-state index contributed by atoms with van der Waals surface area (Å²) >= 11 is 0. The minimum Gasteiger partial charge on any atom is -0.493 e. The molecule has 37 heavy (non-hydrogen) atoms. The number of benzene rings is 1. The van der Waals surface area contributed by atoms with Crippen molar-refractivity contribution in [1.29, 1.82) is 0 Å². The van der Waals surface area contributed by atoms with Crippen LogP contribution in [0.15, 0.2) is 48.9 Å². The van der Waals surface area contributed by atoms with Crippen LogP contribution in [0.1, 0.15) is 58.7 Å². The molecule has 4 rings (SSSR count). The molecule has 194 valence electrons. The van der Waals surface area contributed by atoms with Crippen molar-refractivity contribution in [2.75, 3.05) is 13.2 Å². The minimum absolute atomic E-state index is 0.0727. The Morgan fingerprint density at radius 1 is 1.22 bits per heavy atom. The van der Waals surface area contributed by atoms with Gasteiger partial charge in [0.1, 0.15) is 23.1 Å². The van der Waals surface area contributed by atoms with Crippen LogP contribution < -0.4 is 15.4 Å². The quantitative estimate of drug-likeness (QED) is 0.408. The van der Waals surface area contributed by atoms with E-state index in [-0.39, 0.29) is 41.4 Å². The third-order valence-corrected chi connectivity index (χ3v) is 5.80. The predicted octanol–water partition coefficient (Wildman–Crippen LogP) is 3.97. The van der Waals surface area contributed by atoms with Crippen LogP contribution in [0.25, 0.3) is 6.08 Å². The van der Waals surface area contributed by atoms with E-state index in [0.29, 0.717) is 30.2 Å². The average Bonchev–Trinajstić information content (AvgIpc) is 3.60. The molecular weight excluding hydrogens is 480 g/mol. The highest BCUT2D eigenvalue weighted by Gasteiger charge is 2.22. The Morgan fingerprint density at radius 2 is 1.97 bits per heavy atom. The van der Waals surface area contributed by atoms with Crippen molar-refractivity contribution in [2.45, 2.75) is 39.3 Å². The molecule has 0 spiro atoms. The first-order valence-electron chi connectivity index (χ1n) is 12.2. The number of pyridine rings is 1. The molecule has 2 N–H and O–H groups in total. The molecule has 3 aromatic rings. The zero-order valence-corrected chi connectivity index (χ0v) is 20.7. The normalized spacial score (nSPS) is 13.9. The highest BCUT2D eigenvalue weighted by atomic mass is 19.1. The lowest BCUT2D eigenvalue weighted by molar-refractivity contribution is 0.0947. The molecule has 0 aliphatic heterocycles. The molecule has 1 atom stereocenters. The number of carbonyl (C=O) groups excluding carboxylic acids is 2. The topological polar surface area (TPSA) is 98.1 Å². The molecule has 1 fully saturated rings. The summed E-state index contributed by atoms with van der Waals surface area (Å²) < 4.78 is 36.0. The second-order valence-electron chi connectivity index (χ2n) is 9.00. The molecule has 1 aliphatic carbocycles. The maximum absolute atomic E-state index is 14.5. The van der Waals surface area contributed by atoms with Crippen LogP contribution in [-0.4, -0.2) is 45.8 Å². The van der Waals surface area contributed by atoms with Crippen LogP contribution in [0.5, 0.6) is 5.75 Å². The van der Waals surface area contributed by atoms with E-state index in [9.17, 15) is 18.4 Å². The van der Waals surface area contributed by atoms with E-state index in [1.807, 2.05) is 0 Å². The van der Waals surface area contributed by atoms with Crippen molar-refractivity contribution in [1.82, 2.24) is 25.4 Å². The molecule has 0 unspecified atom stereocenters. The summed E-state index contributed by atoms with van der Waals surface area (Å²) in [5.41, 5.74) is 1.09. The van der Waals surface area contributed by atoms with E-state index < -0.39 is 11.6 Å². The van der Waals surface area contributed by atoms with Crippen molar-refractivity contribution in [3.05, 3.63) is 83.0 Å². The van der Waals surface area contributed by atoms with Gasteiger partial charge in [0.25, 0.3) is 11.8 Å². The Balaban J connectivity index is 1.33. The molecular formula is C27H29F2N5O3. The molecule has 2 amide bonds. The van der Waals surface area contributed by atoms with Crippen molar-refractivity contribution >= 4 is 17.9 Å². The summed E-state index contributed by atoms with van der Waals surface area (Å²) in [6.45, 7) is 4.46. The molecule has 2 aromatic heterocycles. The van der Waals surface area contributed by atoms with Gasteiger partial charge in [-0.2, -0.15) is 5.10 Å². The standard InChI is InChI=1S/C27H29F2N5O3/c1-3-30-27(36)25-10-20(8-9-31-25)26(35)33-17(2)4-5-19-13-32-34(14-19)15-22-23(28)11-21(12-24(22)29)37-16-18-6-7-18/h4-5,8-14,17-18H,3,6-7,15-16H2,1-2H3,(H,30,36)(H,33,35)/b5-4+/t17-/m0/s1. The van der Waals surface area contributed by atoms with Crippen molar-refractivity contribution in [3.8, 4) is 5.75 Å². The molecule has 1 aromatic carbocycles. The molecule has 1 saturated carbocycles. The number of nitrogens with one attached hydrogen (secondary N) is 2. The second-order valence-corrected chi connectivity index (χ2v) is 9.00. The van der Waals surface area contributed by atoms with Gasteiger partial charge in [-0.15, -0.1) is 0 Å². The smallest absolute Gasteiger partial charge is 0.269 e. The summed E-state index contributed by atoms with van der Waals surface area (Å²) in [5.74, 6) is -1.38. The summed E-state index contributed by atoms with van der Waals surface area (Å²) in [6.07, 6.45) is 10.3. The number of ether oxygens (including phenoxy) is 1. The summed E-state index contributed by atoms with van der Waals surface area (Å²) in [7, 11) is 0. The Labute approximate surface area is 213 Å². The van der Waals surface area contributed by atoms with E-state index >= 15 is 0 Å². The van der Waals surface area contributed by atoms with Crippen molar-refractivity contribution in [3.63, 3.8) is 0 Å². The van der Waals surface area contributed by atoms with Crippen LogP contribution >= 0.6 is 0 Å². The monoisotopic (exact) mass is 509 g/mol. The number of rotatable bonds is 11. The molecule has 0 radical (unpaired) electrons. The van der Waals surface area contributed by atoms with Crippen molar-refractivity contribution < 1.29 is 23.1 Å². The highest BCUT2D eigenvalue weighted by molar-refractivity contribution is 5.98. The summed E-state index contributed by atoms with van der Waals surface area (Å²) in [6, 6.07) is 5.04. The largest absolute Gasteiger partial charge is 0.493 e. The predicted molar refractivity (Wildman–Crippen MR) is 134 cm³/mol. The first-order valence-corrected chi connectivity index (χ1v) is 12.2. The van der Waals surface area contributed by atoms with Gasteiger partial charge in [0, 0.05) is 53.8 Å². The van der Waals surface area contributed by atoms with E-state index in [2.05, 4.69) is 20.7 Å². The highest BCUT2D eigenvalue weighted by Crippen LogP contribution is 2.30. The maximum Gasteiger partial charge on any atom is 0.269 e. The number of nitrogens with zero attached hydrogens (tertiary/aromatic N) is 3. The summed E-state index contributed by atoms with van der Waals surface area (Å²) in [5, 5.41) is 9.65. The zero-order valence-electron chi connectivity index (χ0n) is 20.7. The molecule has 10 heteroatoms. The molecule has 0 saturated heterocycles. The van der Waals surface area contributed by atoms with Crippen molar-refractivity contribution in [2.24, 2.45) is 5.92 Å². The Hall–Kier alpha value is -4.08. The maximum atomic E-state index is 14.5. The minimum atomic E-state index is -0.679. The first kappa shape index (κ1) is 26.0. The Morgan fingerprint density at radius 3 is 2.68 bits per heavy atom. The third-order valence-electron chi connectivity index (χ3n) is 5.80. The van der Waals surface area contributed by atoms with Crippen LogP contribution in [0.4, 0.5) is 8.78 Å². The van der Waals surface area contributed by atoms with Gasteiger partial charge in [0.05, 0.1) is 19.3 Å². The van der Waals surface area contributed by atoms with Gasteiger partial charge in [0.2, 0.25) is 0 Å². The van der Waals surface area contributed by atoms with Gasteiger partial charge in [-0.3, -0.25) is 19.3 Å². The van der Waals surface area contributed by atoms with Crippen LogP contribution in [0.2, 0.25) is 0 Å². The van der Waals surface area contributed by atoms with Gasteiger partial charge in [-0.25, -0.2) is 8.78 Å². The zero-order chi connectivity index (χ0) is 26.4. The molecule has 1 aliphatic rings. The number of hydrogen-bond acceptors (Lipinski definition) is 5. The Kier molecular flexibility index (Phi) is 8.27. The number of halogens is 2. The fourth-order valence-corrected chi connectivity index (χ4v) is 3.57. The van der Waals surface area contributed by atoms with E-state index in [1.54, 1.807) is 38.4 Å². The number of hydrogen-bond donors (Lipinski definition) is 2. The van der Waals surface area contributed by atoms with E-state index in [4.69, 9.17) is 4.74 Å². The fraction of sp³-hybridized carbons (Fsp3) is 0.333. The van der Waals surface area contributed by atoms with E-state index in [1.165, 1.54) is 35.1 Å². The third kappa shape index (κ3) is 7.22. The number of aromatic nitrogens is 3. The Bertz CT molecular complexity index is 1280. The van der Waals surface area contributed by atoms with Gasteiger partial charge in [0.15, 0.2) is 0 Å². The lowest BCUT2D eigenvalue weighted by Gasteiger charge is -2.10. The average molecular weight is 510 g/mol. The van der Waals surface area contributed by atoms with Gasteiger partial charge in [-0.1, -0.05) is 12.2 Å². The lowest BCUT2D eigenvalue weighted by Crippen LogP contribution is -2.31. The van der Waals surface area contributed by atoms with Gasteiger partial charge >= 0.3 is 0 Å². The lowest BCUT2D eigenvalue weighted by atomic mass is 10.2. The fourth-order valence-electron chi connectivity index (χ4n) is 3.57. The first-order chi connectivity index (χ1) is 17.8. The number of amides is 2. The van der Waals surface area contributed by atoms with E-state index in [0.717, 1.165) is 12.8 Å². The molecule has 2 heterocycles. The van der Waals surface area contributed by atoms with Crippen LogP contribution in [-0.2, 0) is 6.54 Å². The SMILES string of the molecule is CCNC(=O)c1cc(C(=O)N[C@@H](C)/C=C/c2cnn(Cc3c(F)cc(OCC4CC4)cc3F)c2)ccn1. The molecule has 0 bridgehead atoms. The van der Waals surface area contributed by atoms with Gasteiger partial charge in [-0.05, 0) is 44.7 Å². The van der Waals surface area contributed by atoms with Crippen LogP contribution in [0.3, 0.4) is 0 Å². The number of carbonyl (C=O) groups is 2. The van der Waals surface area contributed by atoms with Crippen LogP contribution in [0, 0.1) is 17.6 Å². The second kappa shape index (κ2) is 11.8. The summed E-state index contributed by atoms with van der Waals surface area (Å²) in [4.78, 5) is 28.5. The van der Waals surface area contributed by atoms with Gasteiger partial charge < -0.3 is 15.4 Å². The molecule has 8 nitrogen and oxygen atoms in total.